The summed E-state index contributed by atoms with van der Waals surface area (Å²) >= 11 is 0. The number of amides is 1. The highest BCUT2D eigenvalue weighted by Crippen LogP contribution is 2.37. The number of benzene rings is 2. The highest BCUT2D eigenvalue weighted by Gasteiger charge is 2.39. The topological polar surface area (TPSA) is 32.8 Å². The largest absolute Gasteiger partial charge is 0.416 e. The lowest BCUT2D eigenvalue weighted by atomic mass is 9.96. The van der Waals surface area contributed by atoms with E-state index in [-0.39, 0.29) is 12.0 Å². The Labute approximate surface area is 174 Å². The Morgan fingerprint density at radius 2 is 1.63 bits per heavy atom. The minimum Gasteiger partial charge on any atom is -0.368 e. The van der Waals surface area contributed by atoms with Crippen LogP contribution < -0.4 is 4.90 Å². The van der Waals surface area contributed by atoms with E-state index in [0.29, 0.717) is 38.3 Å². The van der Waals surface area contributed by atoms with Crippen molar-refractivity contribution in [2.45, 2.75) is 38.7 Å². The molecular formula is C23H25F3N2O2. The molecule has 2 aromatic carbocycles. The van der Waals surface area contributed by atoms with Gasteiger partial charge in [-0.25, -0.2) is 0 Å². The Bertz CT molecular complexity index is 913. The molecule has 4 rings (SSSR count). The van der Waals surface area contributed by atoms with Gasteiger partial charge in [0.1, 0.15) is 6.10 Å². The fourth-order valence-corrected chi connectivity index (χ4v) is 4.03. The minimum atomic E-state index is -4.37. The van der Waals surface area contributed by atoms with Gasteiger partial charge in [0.25, 0.3) is 5.91 Å². The summed E-state index contributed by atoms with van der Waals surface area (Å²) in [5.41, 5.74) is 2.99. The van der Waals surface area contributed by atoms with Crippen molar-refractivity contribution in [1.29, 1.82) is 0 Å². The smallest absolute Gasteiger partial charge is 0.368 e. The quantitative estimate of drug-likeness (QED) is 0.736. The zero-order valence-electron chi connectivity index (χ0n) is 17.1. The van der Waals surface area contributed by atoms with Crippen LogP contribution in [0.4, 0.5) is 18.9 Å². The van der Waals surface area contributed by atoms with E-state index in [1.54, 1.807) is 11.8 Å². The van der Waals surface area contributed by atoms with Crippen molar-refractivity contribution in [2.75, 3.05) is 31.1 Å². The molecular weight excluding hydrogens is 393 g/mol. The van der Waals surface area contributed by atoms with Gasteiger partial charge < -0.3 is 14.5 Å². The fourth-order valence-electron chi connectivity index (χ4n) is 4.03. The van der Waals surface area contributed by atoms with Crippen LogP contribution in [0.1, 0.15) is 34.8 Å². The number of carbonyl (C=O) groups is 1. The van der Waals surface area contributed by atoms with Gasteiger partial charge in [-0.2, -0.15) is 13.2 Å². The van der Waals surface area contributed by atoms with Crippen molar-refractivity contribution >= 4 is 11.6 Å². The van der Waals surface area contributed by atoms with E-state index in [1.165, 1.54) is 17.7 Å². The molecule has 2 atom stereocenters. The van der Waals surface area contributed by atoms with E-state index >= 15 is 0 Å². The van der Waals surface area contributed by atoms with Gasteiger partial charge >= 0.3 is 6.18 Å². The first-order valence-corrected chi connectivity index (χ1v) is 10.2. The van der Waals surface area contributed by atoms with Crippen molar-refractivity contribution in [3.05, 3.63) is 64.7 Å². The summed E-state index contributed by atoms with van der Waals surface area (Å²) in [6, 6.07) is 11.9. The second kappa shape index (κ2) is 7.95. The Kier molecular flexibility index (Phi) is 5.49. The molecule has 0 bridgehead atoms. The molecule has 2 heterocycles. The summed E-state index contributed by atoms with van der Waals surface area (Å²) < 4.78 is 45.0. The van der Waals surface area contributed by atoms with Crippen LogP contribution in [0, 0.1) is 13.8 Å². The van der Waals surface area contributed by atoms with Crippen molar-refractivity contribution in [1.82, 2.24) is 4.90 Å². The van der Waals surface area contributed by atoms with Gasteiger partial charge in [-0.3, -0.25) is 4.79 Å². The Balaban J connectivity index is 1.33. The molecule has 0 saturated carbocycles. The monoisotopic (exact) mass is 418 g/mol. The molecule has 0 radical (unpaired) electrons. The van der Waals surface area contributed by atoms with Gasteiger partial charge in [0.05, 0.1) is 11.7 Å². The number of ether oxygens (including phenoxy) is 1. The van der Waals surface area contributed by atoms with E-state index < -0.39 is 17.8 Å². The third-order valence-corrected chi connectivity index (χ3v) is 5.95. The zero-order valence-corrected chi connectivity index (χ0v) is 17.1. The van der Waals surface area contributed by atoms with E-state index in [9.17, 15) is 18.0 Å². The average Bonchev–Trinajstić information content (AvgIpc) is 2.68. The number of alkyl halides is 3. The number of piperazine rings is 1. The van der Waals surface area contributed by atoms with Crippen LogP contribution in [0.3, 0.4) is 0 Å². The predicted molar refractivity (Wildman–Crippen MR) is 108 cm³/mol. The normalized spacial score (nSPS) is 22.0. The predicted octanol–water partition coefficient (Wildman–Crippen LogP) is 4.50. The highest BCUT2D eigenvalue weighted by molar-refractivity contribution is 5.82. The summed E-state index contributed by atoms with van der Waals surface area (Å²) in [5, 5.41) is 0. The number of rotatable bonds is 3. The molecule has 1 amide bonds. The van der Waals surface area contributed by atoms with Crippen LogP contribution in [0.15, 0.2) is 42.5 Å². The molecule has 0 N–H and O–H groups in total. The second-order valence-electron chi connectivity index (χ2n) is 8.07. The van der Waals surface area contributed by atoms with Gasteiger partial charge in [0, 0.05) is 38.3 Å². The van der Waals surface area contributed by atoms with Crippen LogP contribution >= 0.6 is 0 Å². The molecule has 0 aliphatic carbocycles. The van der Waals surface area contributed by atoms with Crippen LogP contribution in [0.2, 0.25) is 0 Å². The molecule has 7 heteroatoms. The van der Waals surface area contributed by atoms with Crippen molar-refractivity contribution in [3.8, 4) is 0 Å². The maximum Gasteiger partial charge on any atom is 0.416 e. The summed E-state index contributed by atoms with van der Waals surface area (Å²) in [4.78, 5) is 16.4. The van der Waals surface area contributed by atoms with Gasteiger partial charge in [0.2, 0.25) is 0 Å². The SMILES string of the molecule is Cc1ccc([C@@H]2C[C@H](C(=O)N3CCN(c4cc(C(F)(F)F)ccc4C)CC3)O2)cc1. The minimum absolute atomic E-state index is 0.0289. The highest BCUT2D eigenvalue weighted by atomic mass is 19.4. The standard InChI is InChI=1S/C23H25F3N2O2/c1-15-3-6-17(7-4-15)20-14-21(30-20)22(29)28-11-9-27(10-12-28)19-13-18(23(24,25)26)8-5-16(19)2/h3-8,13,20-21H,9-12,14H2,1-2H3/t20-,21+/m0/s1. The van der Waals surface area contributed by atoms with Gasteiger partial charge in [-0.15, -0.1) is 0 Å². The van der Waals surface area contributed by atoms with Crippen molar-refractivity contribution in [3.63, 3.8) is 0 Å². The Hall–Kier alpha value is -2.54. The Morgan fingerprint density at radius 3 is 2.23 bits per heavy atom. The van der Waals surface area contributed by atoms with Crippen molar-refractivity contribution < 1.29 is 22.7 Å². The molecule has 4 nitrogen and oxygen atoms in total. The van der Waals surface area contributed by atoms with Crippen LogP contribution in [-0.4, -0.2) is 43.1 Å². The maximum atomic E-state index is 13.1. The fraction of sp³-hybridized carbons (Fsp3) is 0.435. The van der Waals surface area contributed by atoms with E-state index in [2.05, 4.69) is 0 Å². The van der Waals surface area contributed by atoms with Gasteiger partial charge in [-0.1, -0.05) is 35.9 Å². The van der Waals surface area contributed by atoms with Gasteiger partial charge in [-0.05, 0) is 37.1 Å². The molecule has 0 spiro atoms. The summed E-state index contributed by atoms with van der Waals surface area (Å²) in [7, 11) is 0. The number of nitrogens with zero attached hydrogens (tertiary/aromatic N) is 2. The first-order chi connectivity index (χ1) is 14.2. The number of aryl methyl sites for hydroxylation is 2. The number of hydrogen-bond donors (Lipinski definition) is 0. The number of hydrogen-bond acceptors (Lipinski definition) is 3. The lowest BCUT2D eigenvalue weighted by molar-refractivity contribution is -0.174. The number of anilines is 1. The molecule has 2 saturated heterocycles. The summed E-state index contributed by atoms with van der Waals surface area (Å²) in [5.74, 6) is -0.0289. The van der Waals surface area contributed by atoms with Crippen LogP contribution in [0.5, 0.6) is 0 Å². The van der Waals surface area contributed by atoms with E-state index in [1.807, 2.05) is 36.1 Å². The molecule has 2 aromatic rings. The Morgan fingerprint density at radius 1 is 1.00 bits per heavy atom. The third-order valence-electron chi connectivity index (χ3n) is 5.95. The molecule has 30 heavy (non-hydrogen) atoms. The first kappa shape index (κ1) is 20.7. The maximum absolute atomic E-state index is 13.1. The lowest BCUT2D eigenvalue weighted by Gasteiger charge is -2.42. The molecule has 2 aliphatic rings. The van der Waals surface area contributed by atoms with Crippen molar-refractivity contribution in [2.24, 2.45) is 0 Å². The summed E-state index contributed by atoms with van der Waals surface area (Å²) in [6.07, 6.45) is -4.18. The molecule has 2 aliphatic heterocycles. The molecule has 2 fully saturated rings. The van der Waals surface area contributed by atoms with Gasteiger partial charge in [0.15, 0.2) is 0 Å². The molecule has 0 aromatic heterocycles. The van der Waals surface area contributed by atoms with E-state index in [4.69, 9.17) is 4.74 Å². The number of carbonyl (C=O) groups excluding carboxylic acids is 1. The van der Waals surface area contributed by atoms with E-state index in [0.717, 1.165) is 17.2 Å². The second-order valence-corrected chi connectivity index (χ2v) is 8.07. The first-order valence-electron chi connectivity index (χ1n) is 10.2. The molecule has 160 valence electrons. The number of halogens is 3. The van der Waals surface area contributed by atoms with Crippen LogP contribution in [-0.2, 0) is 15.7 Å². The zero-order chi connectivity index (χ0) is 21.5. The third kappa shape index (κ3) is 4.17. The summed E-state index contributed by atoms with van der Waals surface area (Å²) in [6.45, 7) is 5.79. The molecule has 0 unspecified atom stereocenters. The average molecular weight is 418 g/mol. The lowest BCUT2D eigenvalue weighted by Crippen LogP contribution is -2.54. The van der Waals surface area contributed by atoms with Crippen LogP contribution in [0.25, 0.3) is 0 Å².